The summed E-state index contributed by atoms with van der Waals surface area (Å²) in [7, 11) is 0. The van der Waals surface area contributed by atoms with E-state index in [2.05, 4.69) is 15.5 Å². The number of benzene rings is 2. The lowest BCUT2D eigenvalue weighted by atomic mass is 10.1. The highest BCUT2D eigenvalue weighted by Gasteiger charge is 2.17. The number of rotatable bonds is 5. The summed E-state index contributed by atoms with van der Waals surface area (Å²) < 4.78 is 1.71. The van der Waals surface area contributed by atoms with E-state index in [1.165, 1.54) is 17.8 Å². The van der Waals surface area contributed by atoms with Crippen molar-refractivity contribution >= 4 is 17.4 Å². The van der Waals surface area contributed by atoms with Crippen molar-refractivity contribution in [2.45, 2.75) is 31.2 Å². The van der Waals surface area contributed by atoms with Crippen LogP contribution >= 0.6 is 11.8 Å². The molecule has 0 aliphatic rings. The van der Waals surface area contributed by atoms with Crippen LogP contribution in [0.1, 0.15) is 28.9 Å². The number of hydrogen-bond donors (Lipinski definition) is 0. The van der Waals surface area contributed by atoms with E-state index in [0.717, 1.165) is 22.4 Å². The summed E-state index contributed by atoms with van der Waals surface area (Å²) in [6.07, 6.45) is 0. The first-order chi connectivity index (χ1) is 12.0. The molecule has 0 amide bonds. The molecule has 0 fully saturated rings. The zero-order chi connectivity index (χ0) is 18.0. The molecule has 0 aliphatic heterocycles. The number of nitro groups is 1. The fourth-order valence-corrected chi connectivity index (χ4v) is 3.39. The topological polar surface area (TPSA) is 86.7 Å². The Balaban J connectivity index is 1.90. The van der Waals surface area contributed by atoms with Crippen LogP contribution in [0.15, 0.2) is 47.6 Å². The smallest absolute Gasteiger partial charge is 0.258 e. The van der Waals surface area contributed by atoms with Crippen molar-refractivity contribution in [3.05, 3.63) is 69.3 Å². The Morgan fingerprint density at radius 2 is 2.00 bits per heavy atom. The van der Waals surface area contributed by atoms with Crippen LogP contribution in [0, 0.1) is 24.0 Å². The third-order valence-corrected chi connectivity index (χ3v) is 4.96. The number of non-ortho nitro benzene ring substituents is 1. The van der Waals surface area contributed by atoms with E-state index in [1.54, 1.807) is 16.8 Å². The van der Waals surface area contributed by atoms with Gasteiger partial charge in [0.25, 0.3) is 5.69 Å². The number of hydrogen-bond acceptors (Lipinski definition) is 6. The van der Waals surface area contributed by atoms with Gasteiger partial charge in [0.1, 0.15) is 0 Å². The van der Waals surface area contributed by atoms with Gasteiger partial charge in [-0.1, -0.05) is 36.0 Å². The van der Waals surface area contributed by atoms with E-state index < -0.39 is 0 Å². The van der Waals surface area contributed by atoms with E-state index in [-0.39, 0.29) is 15.9 Å². The maximum absolute atomic E-state index is 11.0. The van der Waals surface area contributed by atoms with Crippen LogP contribution < -0.4 is 0 Å². The molecule has 0 saturated heterocycles. The van der Waals surface area contributed by atoms with Gasteiger partial charge < -0.3 is 0 Å². The third-order valence-electron chi connectivity index (χ3n) is 3.87. The van der Waals surface area contributed by atoms with E-state index >= 15 is 0 Å². The minimum Gasteiger partial charge on any atom is -0.258 e. The summed E-state index contributed by atoms with van der Waals surface area (Å²) in [5.41, 5.74) is 4.06. The molecule has 1 aromatic heterocycles. The molecule has 3 rings (SSSR count). The first-order valence-corrected chi connectivity index (χ1v) is 8.60. The van der Waals surface area contributed by atoms with Crippen molar-refractivity contribution in [3.63, 3.8) is 0 Å². The summed E-state index contributed by atoms with van der Waals surface area (Å²) in [6, 6.07) is 12.7. The second kappa shape index (κ2) is 7.02. The van der Waals surface area contributed by atoms with E-state index in [1.807, 2.05) is 45.0 Å². The molecule has 2 aromatic carbocycles. The number of aryl methyl sites for hydroxylation is 2. The summed E-state index contributed by atoms with van der Waals surface area (Å²) in [4.78, 5) is 10.6. The molecule has 0 N–H and O–H groups in total. The summed E-state index contributed by atoms with van der Waals surface area (Å²) in [6.45, 7) is 6.01. The lowest BCUT2D eigenvalue weighted by Gasteiger charge is -2.12. The Bertz CT molecular complexity index is 925. The maximum atomic E-state index is 11.0. The first-order valence-electron chi connectivity index (χ1n) is 7.72. The van der Waals surface area contributed by atoms with Crippen LogP contribution in [-0.2, 0) is 0 Å². The Labute approximate surface area is 149 Å². The molecular weight excluding hydrogens is 338 g/mol. The molecule has 7 nitrogen and oxygen atoms in total. The molecule has 128 valence electrons. The van der Waals surface area contributed by atoms with Crippen LogP contribution in [0.2, 0.25) is 0 Å². The standard InChI is InChI=1S/C17H17N5O2S/c1-11-7-8-12(2)16(9-11)21-17(18-19-20-21)25-13(3)14-5-4-6-15(10-14)22(23)24/h4-10,13H,1-3H3/t13-/m1/s1. The van der Waals surface area contributed by atoms with Gasteiger partial charge in [-0.25, -0.2) is 0 Å². The highest BCUT2D eigenvalue weighted by Crippen LogP contribution is 2.35. The minimum atomic E-state index is -0.388. The SMILES string of the molecule is Cc1ccc(C)c(-n2nnnc2S[C@H](C)c2cccc([N+](=O)[O-])c2)c1. The second-order valence-electron chi connectivity index (χ2n) is 5.78. The predicted octanol–water partition coefficient (Wildman–Crippen LogP) is 4.04. The Hall–Kier alpha value is -2.74. The van der Waals surface area contributed by atoms with Gasteiger partial charge in [0.05, 0.1) is 10.6 Å². The number of tetrazole rings is 1. The molecule has 8 heteroatoms. The highest BCUT2D eigenvalue weighted by atomic mass is 32.2. The molecule has 0 unspecified atom stereocenters. The quantitative estimate of drug-likeness (QED) is 0.390. The fraction of sp³-hybridized carbons (Fsp3) is 0.235. The highest BCUT2D eigenvalue weighted by molar-refractivity contribution is 7.99. The molecule has 0 radical (unpaired) electrons. The van der Waals surface area contributed by atoms with Gasteiger partial charge in [0.15, 0.2) is 0 Å². The van der Waals surface area contributed by atoms with Crippen LogP contribution in [0.5, 0.6) is 0 Å². The molecule has 0 spiro atoms. The van der Waals surface area contributed by atoms with Crippen molar-refractivity contribution in [1.82, 2.24) is 20.2 Å². The van der Waals surface area contributed by atoms with Crippen LogP contribution in [0.25, 0.3) is 5.69 Å². The van der Waals surface area contributed by atoms with Gasteiger partial charge >= 0.3 is 0 Å². The van der Waals surface area contributed by atoms with Crippen LogP contribution in [-0.4, -0.2) is 25.1 Å². The predicted molar refractivity (Wildman–Crippen MR) is 96.0 cm³/mol. The van der Waals surface area contributed by atoms with Crippen molar-refractivity contribution in [3.8, 4) is 5.69 Å². The molecule has 0 saturated carbocycles. The van der Waals surface area contributed by atoms with Crippen molar-refractivity contribution in [2.24, 2.45) is 0 Å². The Kier molecular flexibility index (Phi) is 4.80. The largest absolute Gasteiger partial charge is 0.269 e. The van der Waals surface area contributed by atoms with Crippen molar-refractivity contribution < 1.29 is 4.92 Å². The molecule has 0 bridgehead atoms. The molecule has 25 heavy (non-hydrogen) atoms. The molecule has 1 atom stereocenters. The minimum absolute atomic E-state index is 0.0326. The Morgan fingerprint density at radius 3 is 2.76 bits per heavy atom. The normalized spacial score (nSPS) is 12.1. The first kappa shape index (κ1) is 17.1. The average Bonchev–Trinajstić information content (AvgIpc) is 3.05. The van der Waals surface area contributed by atoms with E-state index in [9.17, 15) is 10.1 Å². The van der Waals surface area contributed by atoms with Gasteiger partial charge in [-0.15, -0.1) is 5.10 Å². The number of aromatic nitrogens is 4. The lowest BCUT2D eigenvalue weighted by molar-refractivity contribution is -0.384. The molecular formula is C17H17N5O2S. The number of nitro benzene ring substituents is 1. The van der Waals surface area contributed by atoms with E-state index in [0.29, 0.717) is 5.16 Å². The van der Waals surface area contributed by atoms with Gasteiger partial charge in [-0.05, 0) is 54.0 Å². The van der Waals surface area contributed by atoms with Gasteiger partial charge in [0, 0.05) is 17.4 Å². The maximum Gasteiger partial charge on any atom is 0.269 e. The summed E-state index contributed by atoms with van der Waals surface area (Å²) in [5.74, 6) is 0. The number of thioether (sulfide) groups is 1. The van der Waals surface area contributed by atoms with Crippen molar-refractivity contribution in [1.29, 1.82) is 0 Å². The summed E-state index contributed by atoms with van der Waals surface area (Å²) in [5, 5.41) is 23.6. The van der Waals surface area contributed by atoms with Gasteiger partial charge in [-0.2, -0.15) is 4.68 Å². The zero-order valence-electron chi connectivity index (χ0n) is 14.1. The summed E-state index contributed by atoms with van der Waals surface area (Å²) >= 11 is 1.46. The molecule has 1 heterocycles. The van der Waals surface area contributed by atoms with E-state index in [4.69, 9.17) is 0 Å². The molecule has 3 aromatic rings. The Morgan fingerprint density at radius 1 is 1.20 bits per heavy atom. The monoisotopic (exact) mass is 355 g/mol. The molecule has 0 aliphatic carbocycles. The van der Waals surface area contributed by atoms with Crippen molar-refractivity contribution in [2.75, 3.05) is 0 Å². The number of nitrogens with zero attached hydrogens (tertiary/aromatic N) is 5. The zero-order valence-corrected chi connectivity index (χ0v) is 14.9. The average molecular weight is 355 g/mol. The lowest BCUT2D eigenvalue weighted by Crippen LogP contribution is -2.03. The van der Waals surface area contributed by atoms with Crippen LogP contribution in [0.4, 0.5) is 5.69 Å². The van der Waals surface area contributed by atoms with Crippen LogP contribution in [0.3, 0.4) is 0 Å². The van der Waals surface area contributed by atoms with Gasteiger partial charge in [-0.3, -0.25) is 10.1 Å². The van der Waals surface area contributed by atoms with Gasteiger partial charge in [0.2, 0.25) is 5.16 Å². The second-order valence-corrected chi connectivity index (χ2v) is 7.08. The third kappa shape index (κ3) is 3.69. The fourth-order valence-electron chi connectivity index (χ4n) is 2.47.